The molecule has 90 valence electrons. The number of ether oxygens (including phenoxy) is 1. The van der Waals surface area contributed by atoms with Gasteiger partial charge in [-0.05, 0) is 19.5 Å². The first-order valence-corrected chi connectivity index (χ1v) is 5.81. The third-order valence-corrected chi connectivity index (χ3v) is 2.56. The zero-order valence-electron chi connectivity index (χ0n) is 10.2. The maximum atomic E-state index is 6.12. The summed E-state index contributed by atoms with van der Waals surface area (Å²) in [5, 5.41) is 0. The van der Waals surface area contributed by atoms with Crippen molar-refractivity contribution >= 4 is 0 Å². The Kier molecular flexibility index (Phi) is 6.08. The van der Waals surface area contributed by atoms with Crippen molar-refractivity contribution in [1.82, 2.24) is 4.90 Å². The molecular formula is C13H22N2O. The molecule has 0 bridgehead atoms. The molecular weight excluding hydrogens is 200 g/mol. The lowest BCUT2D eigenvalue weighted by molar-refractivity contribution is 0.120. The van der Waals surface area contributed by atoms with Gasteiger partial charge in [0.2, 0.25) is 0 Å². The van der Waals surface area contributed by atoms with Crippen LogP contribution in [-0.4, -0.2) is 38.3 Å². The van der Waals surface area contributed by atoms with Crippen LogP contribution in [-0.2, 0) is 4.74 Å². The smallest absolute Gasteiger partial charge is 0.0593 e. The number of hydrogen-bond acceptors (Lipinski definition) is 3. The van der Waals surface area contributed by atoms with Gasteiger partial charge in [0.1, 0.15) is 0 Å². The summed E-state index contributed by atoms with van der Waals surface area (Å²) < 4.78 is 5.31. The predicted molar refractivity (Wildman–Crippen MR) is 67.4 cm³/mol. The zero-order chi connectivity index (χ0) is 11.8. The number of nitrogens with two attached hydrogens (primary N) is 1. The van der Waals surface area contributed by atoms with Gasteiger partial charge < -0.3 is 15.4 Å². The standard InChI is InChI=1S/C13H22N2O/c1-3-16-10-9-15(2)11-13(14)12-7-5-4-6-8-12/h4-8,13H,3,9-11,14H2,1-2H3. The van der Waals surface area contributed by atoms with Crippen LogP contribution in [0.5, 0.6) is 0 Å². The lowest BCUT2D eigenvalue weighted by atomic mass is 10.1. The fraction of sp³-hybridized carbons (Fsp3) is 0.538. The molecule has 0 saturated carbocycles. The summed E-state index contributed by atoms with van der Waals surface area (Å²) in [4.78, 5) is 2.20. The van der Waals surface area contributed by atoms with E-state index in [-0.39, 0.29) is 6.04 Å². The average Bonchev–Trinajstić information content (AvgIpc) is 2.30. The van der Waals surface area contributed by atoms with E-state index >= 15 is 0 Å². The summed E-state index contributed by atoms with van der Waals surface area (Å²) in [7, 11) is 2.07. The Hall–Kier alpha value is -0.900. The van der Waals surface area contributed by atoms with Crippen LogP contribution in [0, 0.1) is 0 Å². The Morgan fingerprint density at radius 1 is 1.31 bits per heavy atom. The minimum absolute atomic E-state index is 0.0767. The van der Waals surface area contributed by atoms with Gasteiger partial charge in [-0.3, -0.25) is 0 Å². The van der Waals surface area contributed by atoms with E-state index in [2.05, 4.69) is 24.1 Å². The van der Waals surface area contributed by atoms with Crippen molar-refractivity contribution in [2.24, 2.45) is 5.73 Å². The van der Waals surface area contributed by atoms with Crippen molar-refractivity contribution in [1.29, 1.82) is 0 Å². The number of nitrogens with zero attached hydrogens (tertiary/aromatic N) is 1. The van der Waals surface area contributed by atoms with Crippen LogP contribution in [0.1, 0.15) is 18.5 Å². The maximum absolute atomic E-state index is 6.12. The Morgan fingerprint density at radius 2 is 2.00 bits per heavy atom. The molecule has 2 N–H and O–H groups in total. The molecule has 0 aliphatic rings. The molecule has 3 heteroatoms. The van der Waals surface area contributed by atoms with E-state index < -0.39 is 0 Å². The SMILES string of the molecule is CCOCCN(C)CC(N)c1ccccc1. The van der Waals surface area contributed by atoms with Crippen molar-refractivity contribution in [3.05, 3.63) is 35.9 Å². The van der Waals surface area contributed by atoms with Gasteiger partial charge in [0.15, 0.2) is 0 Å². The fourth-order valence-corrected chi connectivity index (χ4v) is 1.60. The van der Waals surface area contributed by atoms with Crippen LogP contribution in [0.4, 0.5) is 0 Å². The monoisotopic (exact) mass is 222 g/mol. The Balaban J connectivity index is 2.31. The second kappa shape index (κ2) is 7.39. The van der Waals surface area contributed by atoms with Gasteiger partial charge in [-0.15, -0.1) is 0 Å². The largest absolute Gasteiger partial charge is 0.380 e. The van der Waals surface area contributed by atoms with Crippen molar-refractivity contribution < 1.29 is 4.74 Å². The van der Waals surface area contributed by atoms with E-state index in [1.807, 2.05) is 25.1 Å². The molecule has 0 aliphatic carbocycles. The highest BCUT2D eigenvalue weighted by molar-refractivity contribution is 5.18. The molecule has 0 aliphatic heterocycles. The van der Waals surface area contributed by atoms with Gasteiger partial charge >= 0.3 is 0 Å². The predicted octanol–water partition coefficient (Wildman–Crippen LogP) is 1.65. The van der Waals surface area contributed by atoms with Crippen LogP contribution in [0.3, 0.4) is 0 Å². The van der Waals surface area contributed by atoms with E-state index in [0.717, 1.165) is 26.3 Å². The van der Waals surface area contributed by atoms with Gasteiger partial charge in [-0.2, -0.15) is 0 Å². The van der Waals surface area contributed by atoms with E-state index in [1.165, 1.54) is 5.56 Å². The first-order chi connectivity index (χ1) is 7.74. The Morgan fingerprint density at radius 3 is 2.62 bits per heavy atom. The lowest BCUT2D eigenvalue weighted by Gasteiger charge is -2.21. The molecule has 1 aromatic carbocycles. The summed E-state index contributed by atoms with van der Waals surface area (Å²) in [6.07, 6.45) is 0. The molecule has 0 saturated heterocycles. The van der Waals surface area contributed by atoms with E-state index in [0.29, 0.717) is 0 Å². The summed E-state index contributed by atoms with van der Waals surface area (Å²) >= 11 is 0. The number of hydrogen-bond donors (Lipinski definition) is 1. The summed E-state index contributed by atoms with van der Waals surface area (Å²) in [6, 6.07) is 10.3. The highest BCUT2D eigenvalue weighted by Crippen LogP contribution is 2.10. The van der Waals surface area contributed by atoms with Crippen LogP contribution in [0.2, 0.25) is 0 Å². The van der Waals surface area contributed by atoms with Crippen molar-refractivity contribution in [2.45, 2.75) is 13.0 Å². The molecule has 0 spiro atoms. The highest BCUT2D eigenvalue weighted by atomic mass is 16.5. The molecule has 1 aromatic rings. The maximum Gasteiger partial charge on any atom is 0.0593 e. The molecule has 0 heterocycles. The summed E-state index contributed by atoms with van der Waals surface area (Å²) in [5.41, 5.74) is 7.30. The zero-order valence-corrected chi connectivity index (χ0v) is 10.2. The van der Waals surface area contributed by atoms with Crippen molar-refractivity contribution in [3.63, 3.8) is 0 Å². The average molecular weight is 222 g/mol. The normalized spacial score (nSPS) is 13.0. The molecule has 0 radical (unpaired) electrons. The molecule has 1 rings (SSSR count). The van der Waals surface area contributed by atoms with Crippen LogP contribution >= 0.6 is 0 Å². The summed E-state index contributed by atoms with van der Waals surface area (Å²) in [6.45, 7) is 5.34. The summed E-state index contributed by atoms with van der Waals surface area (Å²) in [5.74, 6) is 0. The lowest BCUT2D eigenvalue weighted by Crippen LogP contribution is -2.31. The van der Waals surface area contributed by atoms with E-state index in [4.69, 9.17) is 10.5 Å². The van der Waals surface area contributed by atoms with Crippen molar-refractivity contribution in [2.75, 3.05) is 33.4 Å². The van der Waals surface area contributed by atoms with Crippen LogP contribution < -0.4 is 5.73 Å². The van der Waals surface area contributed by atoms with Gasteiger partial charge in [0.05, 0.1) is 6.61 Å². The number of likely N-dealkylation sites (N-methyl/N-ethyl adjacent to an activating group) is 1. The first kappa shape index (κ1) is 13.2. The van der Waals surface area contributed by atoms with Gasteiger partial charge in [0.25, 0.3) is 0 Å². The molecule has 0 fully saturated rings. The number of benzene rings is 1. The highest BCUT2D eigenvalue weighted by Gasteiger charge is 2.08. The number of rotatable bonds is 7. The molecule has 1 atom stereocenters. The molecule has 0 amide bonds. The quantitative estimate of drug-likeness (QED) is 0.713. The second-order valence-electron chi connectivity index (χ2n) is 3.98. The van der Waals surface area contributed by atoms with E-state index in [1.54, 1.807) is 0 Å². The molecule has 3 nitrogen and oxygen atoms in total. The topological polar surface area (TPSA) is 38.5 Å². The van der Waals surface area contributed by atoms with Crippen molar-refractivity contribution in [3.8, 4) is 0 Å². The second-order valence-corrected chi connectivity index (χ2v) is 3.98. The fourth-order valence-electron chi connectivity index (χ4n) is 1.60. The third kappa shape index (κ3) is 4.75. The van der Waals surface area contributed by atoms with Crippen LogP contribution in [0.25, 0.3) is 0 Å². The third-order valence-electron chi connectivity index (χ3n) is 2.56. The molecule has 0 aromatic heterocycles. The van der Waals surface area contributed by atoms with Gasteiger partial charge in [-0.1, -0.05) is 30.3 Å². The van der Waals surface area contributed by atoms with Gasteiger partial charge in [-0.25, -0.2) is 0 Å². The Bertz CT molecular complexity index is 277. The Labute approximate surface area is 98.2 Å². The van der Waals surface area contributed by atoms with Gasteiger partial charge in [0, 0.05) is 25.7 Å². The minimum Gasteiger partial charge on any atom is -0.380 e. The van der Waals surface area contributed by atoms with E-state index in [9.17, 15) is 0 Å². The molecule has 16 heavy (non-hydrogen) atoms. The first-order valence-electron chi connectivity index (χ1n) is 5.81. The minimum atomic E-state index is 0.0767. The van der Waals surface area contributed by atoms with Crippen LogP contribution in [0.15, 0.2) is 30.3 Å². The molecule has 1 unspecified atom stereocenters.